The van der Waals surface area contributed by atoms with Crippen LogP contribution in [0.2, 0.25) is 0 Å². The monoisotopic (exact) mass is 494 g/mol. The molecule has 0 saturated carbocycles. The molecule has 0 aliphatic heterocycles. The Kier molecular flexibility index (Phi) is 11.6. The fourth-order valence-corrected chi connectivity index (χ4v) is 2.03. The smallest absolute Gasteiger partial charge is 0.407 e. The second-order valence-corrected chi connectivity index (χ2v) is 6.52. The number of carbonyl (C=O) groups excluding carboxylic acids is 1. The number of alkyl carbamates (subject to hydrolysis) is 1. The molecular formula is C18H31IN4O4. The van der Waals surface area contributed by atoms with E-state index >= 15 is 0 Å². The molecule has 8 nitrogen and oxygen atoms in total. The van der Waals surface area contributed by atoms with Gasteiger partial charge in [-0.15, -0.1) is 24.0 Å². The molecule has 0 bridgehead atoms. The standard InChI is InChI=1S/C18H30N4O4.HI/c1-6-19-16(20-10-11-21-17(24)26-18(2,3)4)22-12-13-8-7-9-14(25-5)15(13)23;/h7-9,23H,6,10-12H2,1-5H3,(H,21,24)(H2,19,20,22);1H. The van der Waals surface area contributed by atoms with Crippen molar-refractivity contribution in [2.75, 3.05) is 26.7 Å². The van der Waals surface area contributed by atoms with E-state index in [0.717, 1.165) is 0 Å². The van der Waals surface area contributed by atoms with E-state index in [1.807, 2.05) is 27.7 Å². The Bertz CT molecular complexity index is 618. The lowest BCUT2D eigenvalue weighted by Crippen LogP contribution is -2.42. The summed E-state index contributed by atoms with van der Waals surface area (Å²) >= 11 is 0. The van der Waals surface area contributed by atoms with Gasteiger partial charge in [-0.1, -0.05) is 12.1 Å². The molecule has 0 aromatic heterocycles. The van der Waals surface area contributed by atoms with Gasteiger partial charge in [0.15, 0.2) is 17.5 Å². The van der Waals surface area contributed by atoms with Crippen LogP contribution in [-0.4, -0.2) is 49.5 Å². The number of ether oxygens (including phenoxy) is 2. The number of halogens is 1. The largest absolute Gasteiger partial charge is 0.504 e. The molecule has 4 N–H and O–H groups in total. The van der Waals surface area contributed by atoms with Crippen molar-refractivity contribution >= 4 is 36.0 Å². The third-order valence-electron chi connectivity index (χ3n) is 3.14. The third kappa shape index (κ3) is 10.1. The van der Waals surface area contributed by atoms with Crippen molar-refractivity contribution in [1.82, 2.24) is 16.0 Å². The normalized spacial score (nSPS) is 11.2. The van der Waals surface area contributed by atoms with Crippen molar-refractivity contribution in [3.05, 3.63) is 23.8 Å². The molecule has 0 heterocycles. The number of aromatic hydroxyl groups is 1. The van der Waals surface area contributed by atoms with Gasteiger partial charge in [0.1, 0.15) is 5.60 Å². The lowest BCUT2D eigenvalue weighted by molar-refractivity contribution is 0.0529. The average molecular weight is 494 g/mol. The molecule has 0 radical (unpaired) electrons. The fraction of sp³-hybridized carbons (Fsp3) is 0.556. The second kappa shape index (κ2) is 12.5. The summed E-state index contributed by atoms with van der Waals surface area (Å²) in [7, 11) is 1.51. The molecular weight excluding hydrogens is 463 g/mol. The summed E-state index contributed by atoms with van der Waals surface area (Å²) in [6, 6.07) is 5.28. The van der Waals surface area contributed by atoms with Crippen LogP contribution in [0.3, 0.4) is 0 Å². The van der Waals surface area contributed by atoms with E-state index in [0.29, 0.717) is 36.9 Å². The van der Waals surface area contributed by atoms with Crippen molar-refractivity contribution in [1.29, 1.82) is 0 Å². The van der Waals surface area contributed by atoms with Gasteiger partial charge < -0.3 is 30.5 Å². The number of hydrogen-bond donors (Lipinski definition) is 4. The highest BCUT2D eigenvalue weighted by molar-refractivity contribution is 14.0. The lowest BCUT2D eigenvalue weighted by atomic mass is 10.2. The number of hydrogen-bond acceptors (Lipinski definition) is 5. The highest BCUT2D eigenvalue weighted by Crippen LogP contribution is 2.29. The van der Waals surface area contributed by atoms with Gasteiger partial charge >= 0.3 is 6.09 Å². The van der Waals surface area contributed by atoms with Gasteiger partial charge in [-0.3, -0.25) is 0 Å². The number of benzene rings is 1. The highest BCUT2D eigenvalue weighted by Gasteiger charge is 2.15. The zero-order valence-electron chi connectivity index (χ0n) is 16.6. The van der Waals surface area contributed by atoms with Crippen LogP contribution in [0.15, 0.2) is 23.2 Å². The maximum absolute atomic E-state index is 11.6. The molecule has 0 aliphatic carbocycles. The van der Waals surface area contributed by atoms with Crippen molar-refractivity contribution in [2.45, 2.75) is 39.8 Å². The number of carbonyl (C=O) groups is 1. The highest BCUT2D eigenvalue weighted by atomic mass is 127. The number of phenolic OH excluding ortho intramolecular Hbond substituents is 1. The second-order valence-electron chi connectivity index (χ2n) is 6.52. The van der Waals surface area contributed by atoms with Gasteiger partial charge in [0.05, 0.1) is 13.7 Å². The zero-order chi connectivity index (χ0) is 19.6. The summed E-state index contributed by atoms with van der Waals surface area (Å²) < 4.78 is 10.3. The van der Waals surface area contributed by atoms with Gasteiger partial charge in [0.25, 0.3) is 0 Å². The van der Waals surface area contributed by atoms with E-state index in [1.54, 1.807) is 18.2 Å². The molecule has 0 spiro atoms. The predicted octanol–water partition coefficient (Wildman–Crippen LogP) is 2.60. The van der Waals surface area contributed by atoms with E-state index in [2.05, 4.69) is 20.9 Å². The zero-order valence-corrected chi connectivity index (χ0v) is 18.9. The van der Waals surface area contributed by atoms with Gasteiger partial charge in [-0.25, -0.2) is 9.79 Å². The minimum atomic E-state index is -0.521. The number of guanidine groups is 1. The van der Waals surface area contributed by atoms with Crippen LogP contribution in [0.5, 0.6) is 11.5 Å². The summed E-state index contributed by atoms with van der Waals surface area (Å²) in [4.78, 5) is 16.0. The maximum Gasteiger partial charge on any atom is 0.407 e. The number of nitrogens with one attached hydrogen (secondary N) is 3. The van der Waals surface area contributed by atoms with Crippen LogP contribution >= 0.6 is 24.0 Å². The third-order valence-corrected chi connectivity index (χ3v) is 3.14. The number of methoxy groups -OCH3 is 1. The van der Waals surface area contributed by atoms with Gasteiger partial charge in [-0.2, -0.15) is 0 Å². The number of phenols is 1. The predicted molar refractivity (Wildman–Crippen MR) is 117 cm³/mol. The molecule has 0 unspecified atom stereocenters. The van der Waals surface area contributed by atoms with Crippen molar-refractivity contribution in [3.8, 4) is 11.5 Å². The first-order chi connectivity index (χ1) is 12.3. The summed E-state index contributed by atoms with van der Waals surface area (Å²) in [6.07, 6.45) is -0.456. The molecule has 1 rings (SSSR count). The van der Waals surface area contributed by atoms with Gasteiger partial charge in [0, 0.05) is 25.2 Å². The van der Waals surface area contributed by atoms with E-state index in [9.17, 15) is 9.90 Å². The SMILES string of the molecule is CCNC(=NCc1cccc(OC)c1O)NCCNC(=O)OC(C)(C)C.I. The minimum Gasteiger partial charge on any atom is -0.504 e. The maximum atomic E-state index is 11.6. The Balaban J connectivity index is 0.00000676. The topological polar surface area (TPSA) is 104 Å². The Morgan fingerprint density at radius 3 is 2.44 bits per heavy atom. The first-order valence-electron chi connectivity index (χ1n) is 8.60. The van der Waals surface area contributed by atoms with Crippen LogP contribution in [0.1, 0.15) is 33.3 Å². The molecule has 1 aromatic carbocycles. The van der Waals surface area contributed by atoms with E-state index in [4.69, 9.17) is 9.47 Å². The fourth-order valence-electron chi connectivity index (χ4n) is 2.03. The molecule has 0 aliphatic rings. The molecule has 0 saturated heterocycles. The Morgan fingerprint density at radius 1 is 1.19 bits per heavy atom. The van der Waals surface area contributed by atoms with E-state index in [1.165, 1.54) is 7.11 Å². The van der Waals surface area contributed by atoms with Gasteiger partial charge in [0.2, 0.25) is 0 Å². The Hall–Kier alpha value is -1.91. The lowest BCUT2D eigenvalue weighted by Gasteiger charge is -2.20. The molecule has 154 valence electrons. The van der Waals surface area contributed by atoms with Gasteiger partial charge in [-0.05, 0) is 33.8 Å². The number of rotatable bonds is 7. The molecule has 27 heavy (non-hydrogen) atoms. The van der Waals surface area contributed by atoms with Crippen LogP contribution in [0.25, 0.3) is 0 Å². The summed E-state index contributed by atoms with van der Waals surface area (Å²) in [6.45, 7) is 9.25. The van der Waals surface area contributed by atoms with Crippen LogP contribution in [-0.2, 0) is 11.3 Å². The molecule has 1 aromatic rings. The summed E-state index contributed by atoms with van der Waals surface area (Å²) in [5, 5.41) is 19.0. The molecule has 0 atom stereocenters. The minimum absolute atomic E-state index is 0. The van der Waals surface area contributed by atoms with Crippen molar-refractivity contribution < 1.29 is 19.4 Å². The first-order valence-corrected chi connectivity index (χ1v) is 8.60. The van der Waals surface area contributed by atoms with Crippen molar-refractivity contribution in [3.63, 3.8) is 0 Å². The summed E-state index contributed by atoms with van der Waals surface area (Å²) in [5.41, 5.74) is 0.139. The molecule has 0 fully saturated rings. The summed E-state index contributed by atoms with van der Waals surface area (Å²) in [5.74, 6) is 1.08. The molecule has 9 heteroatoms. The average Bonchev–Trinajstić information content (AvgIpc) is 2.55. The van der Waals surface area contributed by atoms with E-state index < -0.39 is 11.7 Å². The van der Waals surface area contributed by atoms with Crippen LogP contribution < -0.4 is 20.7 Å². The van der Waals surface area contributed by atoms with Crippen molar-refractivity contribution in [2.24, 2.45) is 4.99 Å². The Labute approximate surface area is 178 Å². The number of amides is 1. The number of para-hydroxylation sites is 1. The molecule has 1 amide bonds. The van der Waals surface area contributed by atoms with E-state index in [-0.39, 0.29) is 36.3 Å². The van der Waals surface area contributed by atoms with Crippen LogP contribution in [0.4, 0.5) is 4.79 Å². The van der Waals surface area contributed by atoms with Crippen LogP contribution in [0, 0.1) is 0 Å². The number of aliphatic imine (C=N–C) groups is 1. The Morgan fingerprint density at radius 2 is 1.85 bits per heavy atom. The number of nitrogens with zero attached hydrogens (tertiary/aromatic N) is 1. The quantitative estimate of drug-likeness (QED) is 0.201. The first kappa shape index (κ1) is 25.1.